The van der Waals surface area contributed by atoms with Gasteiger partial charge >= 0.3 is 0 Å². The molecule has 1 unspecified atom stereocenters. The number of piperazine rings is 1. The fourth-order valence-corrected chi connectivity index (χ4v) is 5.72. The summed E-state index contributed by atoms with van der Waals surface area (Å²) in [6, 6.07) is 23.9. The van der Waals surface area contributed by atoms with Gasteiger partial charge in [0.25, 0.3) is 0 Å². The van der Waals surface area contributed by atoms with Gasteiger partial charge in [-0.25, -0.2) is 4.98 Å². The third kappa shape index (κ3) is 6.36. The van der Waals surface area contributed by atoms with Crippen LogP contribution in [0.3, 0.4) is 0 Å². The molecular formula is C32H36N4O4. The van der Waals surface area contributed by atoms with Crippen LogP contribution in [0.25, 0.3) is 22.6 Å². The van der Waals surface area contributed by atoms with E-state index in [1.54, 1.807) is 0 Å². The van der Waals surface area contributed by atoms with Crippen LogP contribution in [0, 0.1) is 0 Å². The Morgan fingerprint density at radius 3 is 2.65 bits per heavy atom. The molecule has 2 heterocycles. The van der Waals surface area contributed by atoms with Crippen molar-refractivity contribution in [1.29, 1.82) is 0 Å². The first-order valence-electron chi connectivity index (χ1n) is 14.2. The summed E-state index contributed by atoms with van der Waals surface area (Å²) in [6.07, 6.45) is 2.58. The van der Waals surface area contributed by atoms with Crippen LogP contribution in [0.15, 0.2) is 77.2 Å². The number of carbonyl (C=O) groups excluding carboxylic acids is 1. The van der Waals surface area contributed by atoms with Crippen molar-refractivity contribution < 1.29 is 19.1 Å². The number of ether oxygens (including phenoxy) is 1. The number of aryl methyl sites for hydroxylation is 1. The number of hydrogen-bond acceptors (Lipinski definition) is 7. The molecular weight excluding hydrogens is 504 g/mol. The zero-order valence-corrected chi connectivity index (χ0v) is 22.7. The molecule has 8 heteroatoms. The van der Waals surface area contributed by atoms with Crippen molar-refractivity contribution in [3.63, 3.8) is 0 Å². The molecule has 0 spiro atoms. The van der Waals surface area contributed by atoms with E-state index in [1.165, 1.54) is 11.1 Å². The standard InChI is InChI=1S/C32H36N4O4/c37-25(22-39-26-13-14-30-29(19-26)34-32(40-30)24-8-2-1-3-9-24)20-35-15-17-36(18-16-35)21-31(38)33-28-12-6-10-23-7-4-5-11-27(23)28/h1-5,7-9,11,13-14,19,25,28,37H,6,10,12,15-18,20-22H2,(H,33,38)/t25?,28-/m0/s1. The Bertz CT molecular complexity index is 1430. The van der Waals surface area contributed by atoms with Crippen LogP contribution in [0.5, 0.6) is 5.75 Å². The van der Waals surface area contributed by atoms with Crippen LogP contribution < -0.4 is 10.1 Å². The Kier molecular flexibility index (Phi) is 8.09. The molecule has 1 amide bonds. The molecule has 6 rings (SSSR count). The number of oxazole rings is 1. The predicted molar refractivity (Wildman–Crippen MR) is 154 cm³/mol. The molecule has 0 saturated carbocycles. The predicted octanol–water partition coefficient (Wildman–Crippen LogP) is 4.05. The molecule has 2 aliphatic rings. The summed E-state index contributed by atoms with van der Waals surface area (Å²) >= 11 is 0. The molecule has 208 valence electrons. The maximum absolute atomic E-state index is 12.8. The molecule has 4 aromatic rings. The lowest BCUT2D eigenvalue weighted by atomic mass is 9.88. The summed E-state index contributed by atoms with van der Waals surface area (Å²) < 4.78 is 11.7. The third-order valence-electron chi connectivity index (χ3n) is 7.83. The van der Waals surface area contributed by atoms with Gasteiger partial charge in [-0.15, -0.1) is 0 Å². The summed E-state index contributed by atoms with van der Waals surface area (Å²) in [6.45, 7) is 4.36. The van der Waals surface area contributed by atoms with E-state index in [-0.39, 0.29) is 18.6 Å². The molecule has 1 saturated heterocycles. The van der Waals surface area contributed by atoms with Gasteiger partial charge in [0.2, 0.25) is 11.8 Å². The number of β-amino-alcohol motifs (C(OH)–C–C–N with tert-alkyl or cyclic N) is 1. The SMILES string of the molecule is O=C(CN1CCN(CC(O)COc2ccc3oc(-c4ccccc4)nc3c2)CC1)N[C@H]1CCCc2ccccc21. The van der Waals surface area contributed by atoms with E-state index < -0.39 is 6.10 Å². The summed E-state index contributed by atoms with van der Waals surface area (Å²) in [5.41, 5.74) is 4.96. The largest absolute Gasteiger partial charge is 0.491 e. The molecule has 0 bridgehead atoms. The molecule has 1 aromatic heterocycles. The lowest BCUT2D eigenvalue weighted by molar-refractivity contribution is -0.123. The number of aromatic nitrogens is 1. The quantitative estimate of drug-likeness (QED) is 0.331. The molecule has 2 atom stereocenters. The lowest BCUT2D eigenvalue weighted by Crippen LogP contribution is -2.51. The number of nitrogens with one attached hydrogen (secondary N) is 1. The van der Waals surface area contributed by atoms with Crippen LogP contribution in [-0.2, 0) is 11.2 Å². The summed E-state index contributed by atoms with van der Waals surface area (Å²) in [5.74, 6) is 1.31. The first kappa shape index (κ1) is 26.5. The van der Waals surface area contributed by atoms with Gasteiger partial charge in [-0.1, -0.05) is 42.5 Å². The first-order chi connectivity index (χ1) is 19.6. The maximum Gasteiger partial charge on any atom is 0.234 e. The van der Waals surface area contributed by atoms with Gasteiger partial charge in [-0.05, 0) is 54.7 Å². The van der Waals surface area contributed by atoms with Gasteiger partial charge in [0.05, 0.1) is 12.6 Å². The number of amides is 1. The zero-order chi connectivity index (χ0) is 27.3. The number of hydrogen-bond donors (Lipinski definition) is 2. The second kappa shape index (κ2) is 12.2. The number of aliphatic hydroxyl groups excluding tert-OH is 1. The Balaban J connectivity index is 0.932. The van der Waals surface area contributed by atoms with Gasteiger partial charge in [-0.2, -0.15) is 0 Å². The van der Waals surface area contributed by atoms with E-state index in [9.17, 15) is 9.90 Å². The third-order valence-corrected chi connectivity index (χ3v) is 7.83. The molecule has 1 aliphatic heterocycles. The summed E-state index contributed by atoms with van der Waals surface area (Å²) in [5, 5.41) is 13.9. The van der Waals surface area contributed by atoms with E-state index >= 15 is 0 Å². The zero-order valence-electron chi connectivity index (χ0n) is 22.7. The molecule has 2 N–H and O–H groups in total. The fourth-order valence-electron chi connectivity index (χ4n) is 5.72. The van der Waals surface area contributed by atoms with Crippen molar-refractivity contribution in [1.82, 2.24) is 20.1 Å². The van der Waals surface area contributed by atoms with E-state index in [0.29, 0.717) is 30.3 Å². The lowest BCUT2D eigenvalue weighted by Gasteiger charge is -2.35. The topological polar surface area (TPSA) is 91.1 Å². The highest BCUT2D eigenvalue weighted by atomic mass is 16.5. The Labute approximate surface area is 234 Å². The highest BCUT2D eigenvalue weighted by Crippen LogP contribution is 2.29. The summed E-state index contributed by atoms with van der Waals surface area (Å²) in [7, 11) is 0. The molecule has 0 radical (unpaired) electrons. The van der Waals surface area contributed by atoms with E-state index in [4.69, 9.17) is 9.15 Å². The van der Waals surface area contributed by atoms with Crippen LogP contribution in [0.4, 0.5) is 0 Å². The number of benzene rings is 3. The minimum atomic E-state index is -0.617. The molecule has 1 fully saturated rings. The maximum atomic E-state index is 12.8. The van der Waals surface area contributed by atoms with Crippen molar-refractivity contribution in [2.75, 3.05) is 45.9 Å². The monoisotopic (exact) mass is 540 g/mol. The van der Waals surface area contributed by atoms with Crippen molar-refractivity contribution >= 4 is 17.0 Å². The van der Waals surface area contributed by atoms with Gasteiger partial charge in [-0.3, -0.25) is 14.6 Å². The number of aliphatic hydroxyl groups is 1. The van der Waals surface area contributed by atoms with Gasteiger partial charge in [0.15, 0.2) is 5.58 Å². The van der Waals surface area contributed by atoms with Crippen molar-refractivity contribution in [3.05, 3.63) is 83.9 Å². The number of nitrogens with zero attached hydrogens (tertiary/aromatic N) is 3. The summed E-state index contributed by atoms with van der Waals surface area (Å²) in [4.78, 5) is 21.8. The highest BCUT2D eigenvalue weighted by molar-refractivity contribution is 5.79. The second-order valence-corrected chi connectivity index (χ2v) is 10.8. The number of rotatable bonds is 9. The second-order valence-electron chi connectivity index (χ2n) is 10.8. The van der Waals surface area contributed by atoms with Gasteiger partial charge < -0.3 is 19.6 Å². The average Bonchev–Trinajstić information content (AvgIpc) is 3.41. The molecule has 40 heavy (non-hydrogen) atoms. The Hall–Kier alpha value is -3.72. The van der Waals surface area contributed by atoms with Crippen molar-refractivity contribution in [3.8, 4) is 17.2 Å². The fraction of sp³-hybridized carbons (Fsp3) is 0.375. The highest BCUT2D eigenvalue weighted by Gasteiger charge is 2.24. The van der Waals surface area contributed by atoms with Crippen LogP contribution in [-0.4, -0.2) is 77.8 Å². The normalized spacial score (nSPS) is 18.8. The minimum Gasteiger partial charge on any atom is -0.491 e. The van der Waals surface area contributed by atoms with Gasteiger partial charge in [0, 0.05) is 44.4 Å². The van der Waals surface area contributed by atoms with Crippen LogP contribution in [0.2, 0.25) is 0 Å². The molecule has 3 aromatic carbocycles. The Morgan fingerprint density at radius 2 is 1.80 bits per heavy atom. The van der Waals surface area contributed by atoms with Crippen molar-refractivity contribution in [2.45, 2.75) is 31.4 Å². The Morgan fingerprint density at radius 1 is 1.02 bits per heavy atom. The molecule has 1 aliphatic carbocycles. The van der Waals surface area contributed by atoms with Crippen LogP contribution >= 0.6 is 0 Å². The number of fused-ring (bicyclic) bond motifs is 2. The van der Waals surface area contributed by atoms with Gasteiger partial charge in [0.1, 0.15) is 24.0 Å². The smallest absolute Gasteiger partial charge is 0.234 e. The first-order valence-corrected chi connectivity index (χ1v) is 14.2. The number of carbonyl (C=O) groups is 1. The van der Waals surface area contributed by atoms with Crippen molar-refractivity contribution in [2.24, 2.45) is 0 Å². The molecule has 8 nitrogen and oxygen atoms in total. The van der Waals surface area contributed by atoms with Crippen LogP contribution in [0.1, 0.15) is 30.0 Å². The van der Waals surface area contributed by atoms with E-state index in [0.717, 1.165) is 56.5 Å². The van der Waals surface area contributed by atoms with E-state index in [1.807, 2.05) is 48.5 Å². The average molecular weight is 541 g/mol. The minimum absolute atomic E-state index is 0.0866. The van der Waals surface area contributed by atoms with E-state index in [2.05, 4.69) is 44.4 Å².